The van der Waals surface area contributed by atoms with Crippen LogP contribution in [0.3, 0.4) is 0 Å². The summed E-state index contributed by atoms with van der Waals surface area (Å²) in [4.78, 5) is 12.9. The molecule has 18 heavy (non-hydrogen) atoms. The number of ether oxygens (including phenoxy) is 1. The fraction of sp³-hybridized carbons (Fsp3) is 0.500. The summed E-state index contributed by atoms with van der Waals surface area (Å²) in [6, 6.07) is 7.78. The van der Waals surface area contributed by atoms with Gasteiger partial charge in [0.25, 0.3) is 0 Å². The number of para-hydroxylation sites is 1. The molecule has 0 radical (unpaired) electrons. The molecule has 4 heteroatoms. The van der Waals surface area contributed by atoms with E-state index in [0.717, 1.165) is 11.3 Å². The van der Waals surface area contributed by atoms with Gasteiger partial charge < -0.3 is 9.84 Å². The summed E-state index contributed by atoms with van der Waals surface area (Å²) in [7, 11) is 3.57. The van der Waals surface area contributed by atoms with Crippen molar-refractivity contribution in [1.29, 1.82) is 0 Å². The first-order valence-corrected chi connectivity index (χ1v) is 5.92. The SMILES string of the molecule is COc1ccccc1CN(C)C(C)(C)CC(=O)O. The maximum atomic E-state index is 10.8. The summed E-state index contributed by atoms with van der Waals surface area (Å²) in [6.07, 6.45) is 0.110. The van der Waals surface area contributed by atoms with Gasteiger partial charge in [0.15, 0.2) is 0 Å². The van der Waals surface area contributed by atoms with Crippen molar-refractivity contribution in [3.05, 3.63) is 29.8 Å². The molecule has 1 aromatic carbocycles. The third-order valence-electron chi connectivity index (χ3n) is 3.22. The van der Waals surface area contributed by atoms with Gasteiger partial charge in [0.05, 0.1) is 13.5 Å². The molecule has 0 atom stereocenters. The largest absolute Gasteiger partial charge is 0.496 e. The average Bonchev–Trinajstić information content (AvgIpc) is 2.28. The number of methoxy groups -OCH3 is 1. The lowest BCUT2D eigenvalue weighted by Gasteiger charge is -2.34. The van der Waals surface area contributed by atoms with Crippen molar-refractivity contribution in [3.8, 4) is 5.75 Å². The van der Waals surface area contributed by atoms with Gasteiger partial charge in [0, 0.05) is 17.6 Å². The fourth-order valence-corrected chi connectivity index (χ4v) is 1.81. The molecule has 0 aliphatic rings. The third kappa shape index (κ3) is 3.74. The molecule has 4 nitrogen and oxygen atoms in total. The van der Waals surface area contributed by atoms with Gasteiger partial charge in [0.1, 0.15) is 5.75 Å². The molecule has 0 saturated heterocycles. The number of carboxylic acid groups (broad SMARTS) is 1. The van der Waals surface area contributed by atoms with Gasteiger partial charge in [-0.25, -0.2) is 0 Å². The number of aliphatic carboxylic acids is 1. The quantitative estimate of drug-likeness (QED) is 0.843. The first-order valence-electron chi connectivity index (χ1n) is 5.92. The highest BCUT2D eigenvalue weighted by atomic mass is 16.5. The van der Waals surface area contributed by atoms with E-state index >= 15 is 0 Å². The van der Waals surface area contributed by atoms with Crippen LogP contribution in [0.15, 0.2) is 24.3 Å². The summed E-state index contributed by atoms with van der Waals surface area (Å²) < 4.78 is 5.30. The molecule has 1 N–H and O–H groups in total. The van der Waals surface area contributed by atoms with Gasteiger partial charge in [-0.15, -0.1) is 0 Å². The number of rotatable bonds is 6. The Morgan fingerprint density at radius 1 is 1.39 bits per heavy atom. The normalized spacial score (nSPS) is 11.6. The zero-order valence-electron chi connectivity index (χ0n) is 11.4. The van der Waals surface area contributed by atoms with Crippen LogP contribution in [-0.4, -0.2) is 35.7 Å². The van der Waals surface area contributed by atoms with Gasteiger partial charge in [-0.3, -0.25) is 9.69 Å². The molecule has 0 unspecified atom stereocenters. The first-order chi connectivity index (χ1) is 8.36. The van der Waals surface area contributed by atoms with Crippen LogP contribution in [0, 0.1) is 0 Å². The molecule has 0 aliphatic heterocycles. The summed E-state index contributed by atoms with van der Waals surface area (Å²) in [5.74, 6) is 0.0438. The van der Waals surface area contributed by atoms with E-state index in [-0.39, 0.29) is 6.42 Å². The summed E-state index contributed by atoms with van der Waals surface area (Å²) >= 11 is 0. The number of benzene rings is 1. The van der Waals surface area contributed by atoms with Gasteiger partial charge in [-0.1, -0.05) is 18.2 Å². The maximum Gasteiger partial charge on any atom is 0.305 e. The van der Waals surface area contributed by atoms with Crippen molar-refractivity contribution in [2.24, 2.45) is 0 Å². The highest BCUT2D eigenvalue weighted by molar-refractivity contribution is 5.68. The molecule has 0 saturated carbocycles. The molecule has 1 rings (SSSR count). The van der Waals surface area contributed by atoms with Crippen LogP contribution in [0.25, 0.3) is 0 Å². The Balaban J connectivity index is 2.80. The van der Waals surface area contributed by atoms with E-state index in [1.807, 2.05) is 50.1 Å². The minimum Gasteiger partial charge on any atom is -0.496 e. The van der Waals surface area contributed by atoms with Crippen molar-refractivity contribution in [1.82, 2.24) is 4.90 Å². The number of carboxylic acids is 1. The van der Waals surface area contributed by atoms with Gasteiger partial charge in [-0.2, -0.15) is 0 Å². The standard InChI is InChI=1S/C14H21NO3/c1-14(2,9-13(16)17)15(3)10-11-7-5-6-8-12(11)18-4/h5-8H,9-10H2,1-4H3,(H,16,17). The highest BCUT2D eigenvalue weighted by Gasteiger charge is 2.27. The van der Waals surface area contributed by atoms with Crippen molar-refractivity contribution < 1.29 is 14.6 Å². The van der Waals surface area contributed by atoms with E-state index in [1.54, 1.807) is 7.11 Å². The second-order valence-corrected chi connectivity index (χ2v) is 5.05. The van der Waals surface area contributed by atoms with E-state index in [4.69, 9.17) is 9.84 Å². The summed E-state index contributed by atoms with van der Waals surface area (Å²) in [6.45, 7) is 4.51. The summed E-state index contributed by atoms with van der Waals surface area (Å²) in [5, 5.41) is 8.91. The fourth-order valence-electron chi connectivity index (χ4n) is 1.81. The van der Waals surface area contributed by atoms with Crippen LogP contribution in [0.2, 0.25) is 0 Å². The summed E-state index contributed by atoms with van der Waals surface area (Å²) in [5.41, 5.74) is 0.660. The van der Waals surface area contributed by atoms with Crippen LogP contribution in [0.5, 0.6) is 5.75 Å². The van der Waals surface area contributed by atoms with E-state index in [2.05, 4.69) is 0 Å². The van der Waals surface area contributed by atoms with E-state index < -0.39 is 11.5 Å². The first kappa shape index (κ1) is 14.5. The smallest absolute Gasteiger partial charge is 0.305 e. The van der Waals surface area contributed by atoms with Crippen molar-refractivity contribution in [3.63, 3.8) is 0 Å². The van der Waals surface area contributed by atoms with Gasteiger partial charge in [0.2, 0.25) is 0 Å². The molecule has 0 bridgehead atoms. The van der Waals surface area contributed by atoms with Crippen LogP contribution in [-0.2, 0) is 11.3 Å². The average molecular weight is 251 g/mol. The van der Waals surface area contributed by atoms with E-state index in [1.165, 1.54) is 0 Å². The van der Waals surface area contributed by atoms with Crippen molar-refractivity contribution >= 4 is 5.97 Å². The topological polar surface area (TPSA) is 49.8 Å². The van der Waals surface area contributed by atoms with Crippen molar-refractivity contribution in [2.75, 3.05) is 14.2 Å². The minimum atomic E-state index is -0.785. The van der Waals surface area contributed by atoms with Crippen LogP contribution in [0.1, 0.15) is 25.8 Å². The Labute approximate surface area is 108 Å². The monoisotopic (exact) mass is 251 g/mol. The number of hydrogen-bond donors (Lipinski definition) is 1. The minimum absolute atomic E-state index is 0.110. The van der Waals surface area contributed by atoms with Gasteiger partial charge >= 0.3 is 5.97 Å². The Morgan fingerprint density at radius 2 is 2.00 bits per heavy atom. The number of hydrogen-bond acceptors (Lipinski definition) is 3. The predicted octanol–water partition coefficient (Wildman–Crippen LogP) is 2.38. The molecule has 100 valence electrons. The Bertz CT molecular complexity index is 415. The second kappa shape index (κ2) is 5.87. The number of carbonyl (C=O) groups is 1. The Kier molecular flexibility index (Phi) is 4.73. The van der Waals surface area contributed by atoms with E-state index in [9.17, 15) is 4.79 Å². The Morgan fingerprint density at radius 3 is 2.56 bits per heavy atom. The van der Waals surface area contributed by atoms with Crippen LogP contribution < -0.4 is 4.74 Å². The van der Waals surface area contributed by atoms with Crippen molar-refractivity contribution in [2.45, 2.75) is 32.4 Å². The zero-order valence-corrected chi connectivity index (χ0v) is 11.4. The lowest BCUT2D eigenvalue weighted by atomic mass is 9.98. The molecule has 0 aliphatic carbocycles. The molecule has 0 aromatic heterocycles. The molecule has 1 aromatic rings. The predicted molar refractivity (Wildman–Crippen MR) is 70.8 cm³/mol. The molecular weight excluding hydrogens is 230 g/mol. The van der Waals surface area contributed by atoms with Gasteiger partial charge in [-0.05, 0) is 27.0 Å². The van der Waals surface area contributed by atoms with Crippen LogP contribution in [0.4, 0.5) is 0 Å². The lowest BCUT2D eigenvalue weighted by Crippen LogP contribution is -2.42. The third-order valence-corrected chi connectivity index (χ3v) is 3.22. The lowest BCUT2D eigenvalue weighted by molar-refractivity contribution is -0.139. The number of nitrogens with zero attached hydrogens (tertiary/aromatic N) is 1. The molecule has 0 heterocycles. The molecule has 0 spiro atoms. The molecule has 0 fully saturated rings. The maximum absolute atomic E-state index is 10.8. The van der Waals surface area contributed by atoms with Crippen LogP contribution >= 0.6 is 0 Å². The Hall–Kier alpha value is -1.55. The molecular formula is C14H21NO3. The highest BCUT2D eigenvalue weighted by Crippen LogP contribution is 2.24. The zero-order chi connectivity index (χ0) is 13.8. The molecule has 0 amide bonds. The van der Waals surface area contributed by atoms with E-state index in [0.29, 0.717) is 6.54 Å². The second-order valence-electron chi connectivity index (χ2n) is 5.05.